The van der Waals surface area contributed by atoms with Crippen LogP contribution in [-0.2, 0) is 16.2 Å². The Bertz CT molecular complexity index is 3370. The van der Waals surface area contributed by atoms with Gasteiger partial charge in [0.25, 0.3) is 0 Å². The van der Waals surface area contributed by atoms with Crippen molar-refractivity contribution >= 4 is 39.0 Å². The van der Waals surface area contributed by atoms with Crippen LogP contribution >= 0.6 is 0 Å². The average molecular weight is 838 g/mol. The fourth-order valence-corrected chi connectivity index (χ4v) is 11.4. The van der Waals surface area contributed by atoms with E-state index in [4.69, 9.17) is 4.42 Å². The first-order valence-electron chi connectivity index (χ1n) is 23.1. The van der Waals surface area contributed by atoms with Crippen LogP contribution in [0.25, 0.3) is 55.3 Å². The summed E-state index contributed by atoms with van der Waals surface area (Å²) in [5.41, 5.74) is 19.8. The molecule has 10 aromatic rings. The lowest BCUT2D eigenvalue weighted by Crippen LogP contribution is -2.33. The largest absolute Gasteiger partial charge is 0.456 e. The first-order chi connectivity index (χ1) is 31.7. The quantitative estimate of drug-likeness (QED) is 0.159. The van der Waals surface area contributed by atoms with E-state index in [0.717, 1.165) is 45.4 Å². The standard InChI is InChI=1S/C63H51NO/c1-61(2)36-37-62(3,4)57-38-44(30-35-55(57)61)52-40-53-49-24-14-16-26-54(49)63(45-20-10-6-11-21-45,46-22-12-7-13-23-46)56(53)41-58(52)64(47-31-28-43(29-32-47)42-18-8-5-9-19-42)48-33-34-51-50-25-15-17-27-59(50)65-60(51)39-48/h5-35,38-41H,36-37H2,1-4H3. The Kier molecular flexibility index (Phi) is 8.94. The highest BCUT2D eigenvalue weighted by molar-refractivity contribution is 6.06. The molecule has 0 bridgehead atoms. The molecule has 0 atom stereocenters. The molecule has 2 aliphatic rings. The predicted molar refractivity (Wildman–Crippen MR) is 272 cm³/mol. The fraction of sp³-hybridized carbons (Fsp3) is 0.143. The van der Waals surface area contributed by atoms with Gasteiger partial charge in [-0.15, -0.1) is 0 Å². The fourth-order valence-electron chi connectivity index (χ4n) is 11.4. The first kappa shape index (κ1) is 39.2. The monoisotopic (exact) mass is 837 g/mol. The molecule has 2 heteroatoms. The highest BCUT2D eigenvalue weighted by atomic mass is 16.3. The lowest BCUT2D eigenvalue weighted by Gasteiger charge is -2.42. The molecule has 0 saturated carbocycles. The van der Waals surface area contributed by atoms with Crippen molar-refractivity contribution < 1.29 is 4.42 Å². The summed E-state index contributed by atoms with van der Waals surface area (Å²) in [5.74, 6) is 0. The van der Waals surface area contributed by atoms with Crippen LogP contribution in [0.2, 0.25) is 0 Å². The molecular formula is C63H51NO. The van der Waals surface area contributed by atoms with Crippen molar-refractivity contribution in [2.24, 2.45) is 0 Å². The van der Waals surface area contributed by atoms with Crippen LogP contribution in [0.3, 0.4) is 0 Å². The summed E-state index contributed by atoms with van der Waals surface area (Å²) in [6.07, 6.45) is 2.32. The maximum Gasteiger partial charge on any atom is 0.137 e. The van der Waals surface area contributed by atoms with Crippen molar-refractivity contribution in [3.05, 3.63) is 246 Å². The van der Waals surface area contributed by atoms with Crippen molar-refractivity contribution in [2.45, 2.75) is 56.8 Å². The molecule has 9 aromatic carbocycles. The number of nitrogens with zero attached hydrogens (tertiary/aromatic N) is 1. The van der Waals surface area contributed by atoms with Crippen LogP contribution < -0.4 is 4.90 Å². The van der Waals surface area contributed by atoms with Crippen molar-refractivity contribution in [3.63, 3.8) is 0 Å². The van der Waals surface area contributed by atoms with Gasteiger partial charge in [-0.3, -0.25) is 0 Å². The van der Waals surface area contributed by atoms with Crippen LogP contribution in [0.1, 0.15) is 73.9 Å². The van der Waals surface area contributed by atoms with Gasteiger partial charge < -0.3 is 9.32 Å². The predicted octanol–water partition coefficient (Wildman–Crippen LogP) is 17.1. The minimum atomic E-state index is -0.574. The Morgan fingerprint density at radius 2 is 0.938 bits per heavy atom. The second-order valence-electron chi connectivity index (χ2n) is 19.5. The summed E-state index contributed by atoms with van der Waals surface area (Å²) in [4.78, 5) is 2.48. The van der Waals surface area contributed by atoms with Crippen LogP contribution in [-0.4, -0.2) is 0 Å². The minimum Gasteiger partial charge on any atom is -0.456 e. The van der Waals surface area contributed by atoms with Crippen LogP contribution in [0.4, 0.5) is 17.1 Å². The zero-order chi connectivity index (χ0) is 43.9. The molecule has 0 saturated heterocycles. The number of hydrogen-bond donors (Lipinski definition) is 0. The molecule has 2 nitrogen and oxygen atoms in total. The third kappa shape index (κ3) is 6.15. The molecule has 0 N–H and O–H groups in total. The van der Waals surface area contributed by atoms with Crippen LogP contribution in [0.15, 0.2) is 217 Å². The van der Waals surface area contributed by atoms with Gasteiger partial charge in [0.1, 0.15) is 11.2 Å². The zero-order valence-corrected chi connectivity index (χ0v) is 37.5. The third-order valence-electron chi connectivity index (χ3n) is 14.8. The van der Waals surface area contributed by atoms with E-state index >= 15 is 0 Å². The van der Waals surface area contributed by atoms with Gasteiger partial charge in [-0.25, -0.2) is 0 Å². The second-order valence-corrected chi connectivity index (χ2v) is 19.5. The Balaban J connectivity index is 1.19. The van der Waals surface area contributed by atoms with E-state index in [1.165, 1.54) is 73.2 Å². The molecule has 0 unspecified atom stereocenters. The summed E-state index contributed by atoms with van der Waals surface area (Å²) < 4.78 is 6.65. The molecule has 12 rings (SSSR count). The molecule has 2 aliphatic carbocycles. The SMILES string of the molecule is CC1(C)CCC(C)(C)c2cc(-c3cc4c(cc3N(c3ccc(-c5ccccc5)cc3)c3ccc5c(c3)oc3ccccc35)C(c3ccccc3)(c3ccccc3)c3ccccc3-4)ccc21. The number of fused-ring (bicyclic) bond motifs is 7. The van der Waals surface area contributed by atoms with E-state index in [1.54, 1.807) is 0 Å². The Morgan fingerprint density at radius 3 is 1.66 bits per heavy atom. The third-order valence-corrected chi connectivity index (χ3v) is 14.8. The second kappa shape index (κ2) is 14.8. The Hall–Kier alpha value is -7.42. The summed E-state index contributed by atoms with van der Waals surface area (Å²) in [6, 6.07) is 78.7. The van der Waals surface area contributed by atoms with Gasteiger partial charge >= 0.3 is 0 Å². The Labute approximate surface area is 382 Å². The molecule has 0 aliphatic heterocycles. The minimum absolute atomic E-state index is 0.0411. The summed E-state index contributed by atoms with van der Waals surface area (Å²) in [6.45, 7) is 9.70. The van der Waals surface area contributed by atoms with Crippen molar-refractivity contribution in [1.29, 1.82) is 0 Å². The average Bonchev–Trinajstić information content (AvgIpc) is 3.87. The van der Waals surface area contributed by atoms with Gasteiger partial charge in [0.2, 0.25) is 0 Å². The number of para-hydroxylation sites is 1. The molecular weight excluding hydrogens is 787 g/mol. The number of benzene rings is 9. The van der Waals surface area contributed by atoms with E-state index < -0.39 is 5.41 Å². The molecule has 65 heavy (non-hydrogen) atoms. The van der Waals surface area contributed by atoms with Gasteiger partial charge in [-0.1, -0.05) is 191 Å². The number of anilines is 3. The topological polar surface area (TPSA) is 16.4 Å². The molecule has 0 radical (unpaired) electrons. The lowest BCUT2D eigenvalue weighted by molar-refractivity contribution is 0.332. The maximum atomic E-state index is 6.65. The molecule has 1 aromatic heterocycles. The Morgan fingerprint density at radius 1 is 0.369 bits per heavy atom. The van der Waals surface area contributed by atoms with Crippen molar-refractivity contribution in [2.75, 3.05) is 4.90 Å². The number of rotatable bonds is 7. The molecule has 314 valence electrons. The smallest absolute Gasteiger partial charge is 0.137 e. The summed E-state index contributed by atoms with van der Waals surface area (Å²) >= 11 is 0. The van der Waals surface area contributed by atoms with Crippen molar-refractivity contribution in [3.8, 4) is 33.4 Å². The van der Waals surface area contributed by atoms with E-state index in [9.17, 15) is 0 Å². The molecule has 0 spiro atoms. The van der Waals surface area contributed by atoms with E-state index in [2.05, 4.69) is 239 Å². The lowest BCUT2D eigenvalue weighted by atomic mass is 9.63. The van der Waals surface area contributed by atoms with E-state index in [1.807, 2.05) is 6.07 Å². The van der Waals surface area contributed by atoms with Gasteiger partial charge in [-0.2, -0.15) is 0 Å². The molecule has 1 heterocycles. The maximum absolute atomic E-state index is 6.65. The van der Waals surface area contributed by atoms with E-state index in [0.29, 0.717) is 0 Å². The van der Waals surface area contributed by atoms with Gasteiger partial charge in [-0.05, 0) is 127 Å². The zero-order valence-electron chi connectivity index (χ0n) is 37.5. The highest BCUT2D eigenvalue weighted by Gasteiger charge is 2.47. The summed E-state index contributed by atoms with van der Waals surface area (Å²) in [7, 11) is 0. The van der Waals surface area contributed by atoms with E-state index in [-0.39, 0.29) is 10.8 Å². The first-order valence-corrected chi connectivity index (χ1v) is 23.1. The molecule has 0 fully saturated rings. The molecule has 0 amide bonds. The highest BCUT2D eigenvalue weighted by Crippen LogP contribution is 2.59. The van der Waals surface area contributed by atoms with Gasteiger partial charge in [0, 0.05) is 33.8 Å². The normalized spacial score (nSPS) is 15.3. The van der Waals surface area contributed by atoms with Crippen molar-refractivity contribution in [1.82, 2.24) is 0 Å². The van der Waals surface area contributed by atoms with Gasteiger partial charge in [0.15, 0.2) is 0 Å². The summed E-state index contributed by atoms with van der Waals surface area (Å²) in [5, 5.41) is 2.24. The number of hydrogen-bond acceptors (Lipinski definition) is 2. The van der Waals surface area contributed by atoms with Crippen LogP contribution in [0.5, 0.6) is 0 Å². The number of furan rings is 1. The van der Waals surface area contributed by atoms with Gasteiger partial charge in [0.05, 0.1) is 11.1 Å². The van der Waals surface area contributed by atoms with Crippen LogP contribution in [0, 0.1) is 0 Å².